The Hall–Kier alpha value is -2.04. The fraction of sp³-hybridized carbons (Fsp3) is 0.500. The molecule has 0 atom stereocenters. The van der Waals surface area contributed by atoms with E-state index in [1.807, 2.05) is 26.0 Å². The lowest BCUT2D eigenvalue weighted by molar-refractivity contribution is -0.126. The maximum absolute atomic E-state index is 12.5. The van der Waals surface area contributed by atoms with Crippen molar-refractivity contribution in [2.24, 2.45) is 5.92 Å². The van der Waals surface area contributed by atoms with Crippen LogP contribution in [0.2, 0.25) is 0 Å². The Bertz CT molecular complexity index is 534. The minimum absolute atomic E-state index is 0.0175. The number of amides is 2. The van der Waals surface area contributed by atoms with Crippen molar-refractivity contribution in [3.8, 4) is 0 Å². The molecule has 0 bridgehead atoms. The van der Waals surface area contributed by atoms with Gasteiger partial charge in [0, 0.05) is 31.2 Å². The van der Waals surface area contributed by atoms with Crippen LogP contribution in [0.1, 0.15) is 35.7 Å². The summed E-state index contributed by atoms with van der Waals surface area (Å²) in [6.45, 7) is 5.72. The Morgan fingerprint density at radius 2 is 2.00 bits per heavy atom. The number of likely N-dealkylation sites (tertiary alicyclic amines) is 1. The summed E-state index contributed by atoms with van der Waals surface area (Å²) in [6.07, 6.45) is 1.42. The third kappa shape index (κ3) is 3.54. The highest BCUT2D eigenvalue weighted by atomic mass is 16.2. The van der Waals surface area contributed by atoms with Gasteiger partial charge in [0.25, 0.3) is 5.91 Å². The van der Waals surface area contributed by atoms with Crippen molar-refractivity contribution in [3.63, 3.8) is 0 Å². The number of nitrogens with two attached hydrogens (primary N) is 1. The molecule has 1 heterocycles. The van der Waals surface area contributed by atoms with Gasteiger partial charge in [-0.05, 0) is 38.8 Å². The minimum Gasteiger partial charge on any atom is -0.398 e. The number of piperidine rings is 1. The van der Waals surface area contributed by atoms with E-state index in [0.29, 0.717) is 43.7 Å². The summed E-state index contributed by atoms with van der Waals surface area (Å²) < 4.78 is 0. The molecule has 2 amide bonds. The SMILES string of the molecule is CCNC(=O)C1CCN(C(=O)c2cc(C)ccc2N)CC1. The number of hydrogen-bond acceptors (Lipinski definition) is 3. The van der Waals surface area contributed by atoms with Gasteiger partial charge in [-0.2, -0.15) is 0 Å². The first-order chi connectivity index (χ1) is 10.0. The molecule has 5 nitrogen and oxygen atoms in total. The monoisotopic (exact) mass is 289 g/mol. The topological polar surface area (TPSA) is 75.4 Å². The van der Waals surface area contributed by atoms with Crippen LogP contribution >= 0.6 is 0 Å². The molecule has 1 aliphatic rings. The Balaban J connectivity index is 2.00. The van der Waals surface area contributed by atoms with Crippen LogP contribution in [-0.2, 0) is 4.79 Å². The highest BCUT2D eigenvalue weighted by Gasteiger charge is 2.28. The lowest BCUT2D eigenvalue weighted by Gasteiger charge is -2.31. The van der Waals surface area contributed by atoms with E-state index < -0.39 is 0 Å². The van der Waals surface area contributed by atoms with E-state index in [1.165, 1.54) is 0 Å². The maximum atomic E-state index is 12.5. The van der Waals surface area contributed by atoms with E-state index in [1.54, 1.807) is 11.0 Å². The lowest BCUT2D eigenvalue weighted by atomic mass is 9.95. The molecule has 0 unspecified atom stereocenters. The van der Waals surface area contributed by atoms with Gasteiger partial charge < -0.3 is 16.0 Å². The van der Waals surface area contributed by atoms with Crippen molar-refractivity contribution >= 4 is 17.5 Å². The minimum atomic E-state index is -0.0365. The molecule has 0 aliphatic carbocycles. The van der Waals surface area contributed by atoms with Crippen molar-refractivity contribution in [3.05, 3.63) is 29.3 Å². The maximum Gasteiger partial charge on any atom is 0.255 e. The van der Waals surface area contributed by atoms with E-state index in [2.05, 4.69) is 5.32 Å². The summed E-state index contributed by atoms with van der Waals surface area (Å²) in [4.78, 5) is 26.1. The van der Waals surface area contributed by atoms with Gasteiger partial charge in [0.2, 0.25) is 5.91 Å². The molecule has 114 valence electrons. The first-order valence-corrected chi connectivity index (χ1v) is 7.46. The molecule has 1 aromatic rings. The third-order valence-corrected chi connectivity index (χ3v) is 3.94. The van der Waals surface area contributed by atoms with Gasteiger partial charge in [-0.15, -0.1) is 0 Å². The van der Waals surface area contributed by atoms with Crippen molar-refractivity contribution < 1.29 is 9.59 Å². The second-order valence-corrected chi connectivity index (χ2v) is 5.55. The number of benzene rings is 1. The summed E-state index contributed by atoms with van der Waals surface area (Å²) in [7, 11) is 0. The van der Waals surface area contributed by atoms with Crippen molar-refractivity contribution in [1.82, 2.24) is 10.2 Å². The van der Waals surface area contributed by atoms with E-state index in [4.69, 9.17) is 5.73 Å². The van der Waals surface area contributed by atoms with Gasteiger partial charge in [0.1, 0.15) is 0 Å². The molecule has 0 aromatic heterocycles. The van der Waals surface area contributed by atoms with Crippen molar-refractivity contribution in [2.45, 2.75) is 26.7 Å². The number of anilines is 1. The fourth-order valence-electron chi connectivity index (χ4n) is 2.69. The number of nitrogen functional groups attached to an aromatic ring is 1. The molecule has 3 N–H and O–H groups in total. The van der Waals surface area contributed by atoms with Gasteiger partial charge >= 0.3 is 0 Å². The molecule has 21 heavy (non-hydrogen) atoms. The fourth-order valence-corrected chi connectivity index (χ4v) is 2.69. The van der Waals surface area contributed by atoms with E-state index in [0.717, 1.165) is 5.56 Å². The van der Waals surface area contributed by atoms with Gasteiger partial charge in [-0.1, -0.05) is 11.6 Å². The molecule has 1 aromatic carbocycles. The van der Waals surface area contributed by atoms with E-state index in [-0.39, 0.29) is 17.7 Å². The number of aryl methyl sites for hydroxylation is 1. The quantitative estimate of drug-likeness (QED) is 0.829. The summed E-state index contributed by atoms with van der Waals surface area (Å²) in [5.41, 5.74) is 7.99. The smallest absolute Gasteiger partial charge is 0.255 e. The molecule has 1 fully saturated rings. The molecule has 0 radical (unpaired) electrons. The second kappa shape index (κ2) is 6.61. The summed E-state index contributed by atoms with van der Waals surface area (Å²) in [5.74, 6) is 0.0778. The first kappa shape index (κ1) is 15.4. The van der Waals surface area contributed by atoms with Crippen LogP contribution < -0.4 is 11.1 Å². The van der Waals surface area contributed by atoms with Gasteiger partial charge in [-0.25, -0.2) is 0 Å². The highest BCUT2D eigenvalue weighted by Crippen LogP contribution is 2.22. The molecular weight excluding hydrogens is 266 g/mol. The highest BCUT2D eigenvalue weighted by molar-refractivity contribution is 5.99. The van der Waals surface area contributed by atoms with Crippen LogP contribution in [0.3, 0.4) is 0 Å². The normalized spacial score (nSPS) is 15.8. The second-order valence-electron chi connectivity index (χ2n) is 5.55. The number of nitrogens with one attached hydrogen (secondary N) is 1. The van der Waals surface area contributed by atoms with Crippen LogP contribution in [0.25, 0.3) is 0 Å². The van der Waals surface area contributed by atoms with Gasteiger partial charge in [0.05, 0.1) is 5.56 Å². The van der Waals surface area contributed by atoms with E-state index in [9.17, 15) is 9.59 Å². The Labute approximate surface area is 125 Å². The van der Waals surface area contributed by atoms with Crippen LogP contribution in [0.5, 0.6) is 0 Å². The van der Waals surface area contributed by atoms with E-state index >= 15 is 0 Å². The van der Waals surface area contributed by atoms with Gasteiger partial charge in [-0.3, -0.25) is 9.59 Å². The summed E-state index contributed by atoms with van der Waals surface area (Å²) in [6, 6.07) is 5.49. The predicted octanol–water partition coefficient (Wildman–Crippen LogP) is 1.57. The van der Waals surface area contributed by atoms with Crippen LogP contribution in [0, 0.1) is 12.8 Å². The number of rotatable bonds is 3. The first-order valence-electron chi connectivity index (χ1n) is 7.46. The molecular formula is C16H23N3O2. The average molecular weight is 289 g/mol. The largest absolute Gasteiger partial charge is 0.398 e. The number of carbonyl (C=O) groups is 2. The molecule has 1 aliphatic heterocycles. The molecule has 5 heteroatoms. The van der Waals surface area contributed by atoms with Crippen molar-refractivity contribution in [2.75, 3.05) is 25.4 Å². The summed E-state index contributed by atoms with van der Waals surface area (Å²) >= 11 is 0. The number of hydrogen-bond donors (Lipinski definition) is 2. The number of nitrogens with zero attached hydrogens (tertiary/aromatic N) is 1. The zero-order valence-corrected chi connectivity index (χ0v) is 12.7. The Kier molecular flexibility index (Phi) is 4.83. The van der Waals surface area contributed by atoms with Gasteiger partial charge in [0.15, 0.2) is 0 Å². The predicted molar refractivity (Wildman–Crippen MR) is 82.9 cm³/mol. The summed E-state index contributed by atoms with van der Waals surface area (Å²) in [5, 5.41) is 2.85. The zero-order chi connectivity index (χ0) is 15.4. The Morgan fingerprint density at radius 3 is 2.62 bits per heavy atom. The molecule has 0 spiro atoms. The molecule has 0 saturated carbocycles. The zero-order valence-electron chi connectivity index (χ0n) is 12.7. The van der Waals surface area contributed by atoms with Crippen LogP contribution in [-0.4, -0.2) is 36.3 Å². The molecule has 1 saturated heterocycles. The Morgan fingerprint density at radius 1 is 1.33 bits per heavy atom. The standard InChI is InChI=1S/C16H23N3O2/c1-3-18-15(20)12-6-8-19(9-7-12)16(21)13-10-11(2)4-5-14(13)17/h4-5,10,12H,3,6-9,17H2,1-2H3,(H,18,20). The number of carbonyl (C=O) groups excluding carboxylic acids is 2. The van der Waals surface area contributed by atoms with Crippen LogP contribution in [0.15, 0.2) is 18.2 Å². The molecule has 2 rings (SSSR count). The lowest BCUT2D eigenvalue weighted by Crippen LogP contribution is -2.43. The van der Waals surface area contributed by atoms with Crippen molar-refractivity contribution in [1.29, 1.82) is 0 Å². The van der Waals surface area contributed by atoms with Crippen LogP contribution in [0.4, 0.5) is 5.69 Å². The third-order valence-electron chi connectivity index (χ3n) is 3.94. The average Bonchev–Trinajstić information content (AvgIpc) is 2.49.